The summed E-state index contributed by atoms with van der Waals surface area (Å²) in [6.07, 6.45) is 0. The van der Waals surface area contributed by atoms with Gasteiger partial charge in [-0.05, 0) is 108 Å². The quantitative estimate of drug-likeness (QED) is 0.162. The molecule has 3 heteroatoms. The second-order valence-electron chi connectivity index (χ2n) is 12.7. The van der Waals surface area contributed by atoms with Gasteiger partial charge in [-0.1, -0.05) is 115 Å². The number of benzene rings is 8. The number of rotatable bonds is 8. The van der Waals surface area contributed by atoms with E-state index < -0.39 is 0 Å². The first-order valence-corrected chi connectivity index (χ1v) is 17.4. The Kier molecular flexibility index (Phi) is 7.84. The average molecular weight is 654 g/mol. The molecular weight excluding hydrogens is 619 g/mol. The molecule has 0 unspecified atom stereocenters. The summed E-state index contributed by atoms with van der Waals surface area (Å²) in [5.41, 5.74) is 12.5. The Hall–Kier alpha value is -6.84. The molecule has 3 nitrogen and oxygen atoms in total. The molecule has 9 rings (SSSR count). The van der Waals surface area contributed by atoms with Crippen LogP contribution in [-0.2, 0) is 0 Å². The number of hydrogen-bond donors (Lipinski definition) is 0. The van der Waals surface area contributed by atoms with Crippen LogP contribution < -0.4 is 9.80 Å². The number of nitrogens with zero attached hydrogens (tertiary/aromatic N) is 3. The summed E-state index contributed by atoms with van der Waals surface area (Å²) in [4.78, 5) is 4.63. The van der Waals surface area contributed by atoms with Crippen LogP contribution in [-0.4, -0.2) is 4.57 Å². The van der Waals surface area contributed by atoms with Crippen molar-refractivity contribution in [3.8, 4) is 16.8 Å². The molecule has 1 heterocycles. The molecule has 0 radical (unpaired) electrons. The summed E-state index contributed by atoms with van der Waals surface area (Å²) in [5.74, 6) is 0. The highest BCUT2D eigenvalue weighted by Crippen LogP contribution is 2.41. The molecule has 0 aliphatic heterocycles. The lowest BCUT2D eigenvalue weighted by molar-refractivity contribution is 1.18. The smallest absolute Gasteiger partial charge is 0.0547 e. The third kappa shape index (κ3) is 5.71. The van der Waals surface area contributed by atoms with E-state index in [0.29, 0.717) is 0 Å². The topological polar surface area (TPSA) is 11.4 Å². The second-order valence-corrected chi connectivity index (χ2v) is 12.7. The van der Waals surface area contributed by atoms with E-state index in [4.69, 9.17) is 0 Å². The monoisotopic (exact) mass is 653 g/mol. The Labute approximate surface area is 298 Å². The second kappa shape index (κ2) is 13.2. The fourth-order valence-electron chi connectivity index (χ4n) is 7.21. The Morgan fingerprint density at radius 3 is 1.29 bits per heavy atom. The highest BCUT2D eigenvalue weighted by molar-refractivity contribution is 6.10. The Bertz CT molecular complexity index is 2520. The molecule has 242 valence electrons. The van der Waals surface area contributed by atoms with Crippen molar-refractivity contribution in [2.45, 2.75) is 0 Å². The van der Waals surface area contributed by atoms with Crippen LogP contribution in [0.4, 0.5) is 34.1 Å². The number of hydrogen-bond acceptors (Lipinski definition) is 2. The van der Waals surface area contributed by atoms with Crippen LogP contribution in [0.15, 0.2) is 212 Å². The molecule has 0 aliphatic carbocycles. The van der Waals surface area contributed by atoms with Gasteiger partial charge in [-0.3, -0.25) is 0 Å². The first-order valence-electron chi connectivity index (χ1n) is 17.4. The van der Waals surface area contributed by atoms with E-state index in [9.17, 15) is 0 Å². The van der Waals surface area contributed by atoms with Crippen molar-refractivity contribution in [1.29, 1.82) is 0 Å². The van der Waals surface area contributed by atoms with Gasteiger partial charge in [0.2, 0.25) is 0 Å². The molecule has 9 aromatic rings. The van der Waals surface area contributed by atoms with E-state index in [0.717, 1.165) is 45.4 Å². The van der Waals surface area contributed by atoms with E-state index in [-0.39, 0.29) is 0 Å². The van der Waals surface area contributed by atoms with Crippen LogP contribution >= 0.6 is 0 Å². The fourth-order valence-corrected chi connectivity index (χ4v) is 7.21. The van der Waals surface area contributed by atoms with Gasteiger partial charge in [-0.15, -0.1) is 0 Å². The van der Waals surface area contributed by atoms with Crippen molar-refractivity contribution in [1.82, 2.24) is 4.57 Å². The SMILES string of the molecule is c1ccc(N(c2ccccc2)c2ccc(N(c3ccccc3)c3cccc(-c4ccc5c6ccccc6n(-c6ccccc6)c5c4)c3)cc2)cc1. The Balaban J connectivity index is 1.14. The Morgan fingerprint density at radius 2 is 0.706 bits per heavy atom. The van der Waals surface area contributed by atoms with E-state index in [2.05, 4.69) is 227 Å². The third-order valence-electron chi connectivity index (χ3n) is 9.54. The summed E-state index contributed by atoms with van der Waals surface area (Å²) in [7, 11) is 0. The lowest BCUT2D eigenvalue weighted by atomic mass is 10.0. The van der Waals surface area contributed by atoms with Crippen molar-refractivity contribution in [2.24, 2.45) is 0 Å². The molecule has 0 spiro atoms. The van der Waals surface area contributed by atoms with Crippen LogP contribution in [0.5, 0.6) is 0 Å². The molecular formula is C48H35N3. The van der Waals surface area contributed by atoms with Crippen molar-refractivity contribution in [3.05, 3.63) is 212 Å². The number of aromatic nitrogens is 1. The summed E-state index contributed by atoms with van der Waals surface area (Å²) in [6, 6.07) is 75.6. The molecule has 51 heavy (non-hydrogen) atoms. The summed E-state index contributed by atoms with van der Waals surface area (Å²) in [6.45, 7) is 0. The van der Waals surface area contributed by atoms with Crippen molar-refractivity contribution in [2.75, 3.05) is 9.80 Å². The molecule has 1 aromatic heterocycles. The first-order chi connectivity index (χ1) is 25.3. The van der Waals surface area contributed by atoms with E-state index in [1.165, 1.54) is 27.4 Å². The van der Waals surface area contributed by atoms with Crippen LogP contribution in [0.1, 0.15) is 0 Å². The average Bonchev–Trinajstić information content (AvgIpc) is 3.54. The first kappa shape index (κ1) is 30.2. The molecule has 0 aliphatic rings. The van der Waals surface area contributed by atoms with E-state index in [1.54, 1.807) is 0 Å². The fraction of sp³-hybridized carbons (Fsp3) is 0. The summed E-state index contributed by atoms with van der Waals surface area (Å²) in [5, 5.41) is 2.51. The minimum Gasteiger partial charge on any atom is -0.311 e. The molecule has 0 fully saturated rings. The third-order valence-corrected chi connectivity index (χ3v) is 9.54. The molecule has 0 amide bonds. The van der Waals surface area contributed by atoms with E-state index in [1.807, 2.05) is 0 Å². The minimum absolute atomic E-state index is 1.09. The molecule has 0 N–H and O–H groups in total. The molecule has 0 atom stereocenters. The summed E-state index contributed by atoms with van der Waals surface area (Å²) >= 11 is 0. The number of anilines is 6. The molecule has 8 aromatic carbocycles. The normalized spacial score (nSPS) is 11.1. The van der Waals surface area contributed by atoms with Gasteiger partial charge in [0.25, 0.3) is 0 Å². The predicted octanol–water partition coefficient (Wildman–Crippen LogP) is 13.4. The molecule has 0 bridgehead atoms. The lowest BCUT2D eigenvalue weighted by Gasteiger charge is -2.28. The van der Waals surface area contributed by atoms with Gasteiger partial charge in [0, 0.05) is 50.6 Å². The van der Waals surface area contributed by atoms with Crippen molar-refractivity contribution >= 4 is 55.9 Å². The zero-order chi connectivity index (χ0) is 34.0. The Morgan fingerprint density at radius 1 is 0.275 bits per heavy atom. The number of fused-ring (bicyclic) bond motifs is 3. The molecule has 0 saturated carbocycles. The maximum Gasteiger partial charge on any atom is 0.0547 e. The highest BCUT2D eigenvalue weighted by atomic mass is 15.2. The molecule has 0 saturated heterocycles. The predicted molar refractivity (Wildman–Crippen MR) is 216 cm³/mol. The van der Waals surface area contributed by atoms with Crippen LogP contribution in [0.3, 0.4) is 0 Å². The lowest BCUT2D eigenvalue weighted by Crippen LogP contribution is -2.12. The minimum atomic E-state index is 1.09. The standard InChI is InChI=1S/C48H35N3/c1-5-17-38(18-6-1)49(39-19-7-2-8-20-39)42-29-31-43(32-30-42)50(40-21-9-3-10-22-40)44-25-15-16-36(34-44)37-28-33-46-45-26-13-14-27-47(45)51(48(46)35-37)41-23-11-4-12-24-41/h1-35H. The van der Waals surface area contributed by atoms with Crippen LogP contribution in [0.25, 0.3) is 38.6 Å². The zero-order valence-corrected chi connectivity index (χ0v) is 28.0. The summed E-state index contributed by atoms with van der Waals surface area (Å²) < 4.78 is 2.38. The van der Waals surface area contributed by atoms with E-state index >= 15 is 0 Å². The van der Waals surface area contributed by atoms with Gasteiger partial charge < -0.3 is 14.4 Å². The van der Waals surface area contributed by atoms with Gasteiger partial charge in [-0.25, -0.2) is 0 Å². The van der Waals surface area contributed by atoms with Crippen LogP contribution in [0.2, 0.25) is 0 Å². The maximum atomic E-state index is 2.38. The van der Waals surface area contributed by atoms with Gasteiger partial charge in [0.1, 0.15) is 0 Å². The van der Waals surface area contributed by atoms with Crippen LogP contribution in [0, 0.1) is 0 Å². The largest absolute Gasteiger partial charge is 0.311 e. The van der Waals surface area contributed by atoms with Gasteiger partial charge in [0.15, 0.2) is 0 Å². The van der Waals surface area contributed by atoms with Gasteiger partial charge in [-0.2, -0.15) is 0 Å². The maximum absolute atomic E-state index is 2.38. The van der Waals surface area contributed by atoms with Crippen molar-refractivity contribution < 1.29 is 0 Å². The van der Waals surface area contributed by atoms with Gasteiger partial charge >= 0.3 is 0 Å². The number of para-hydroxylation sites is 5. The van der Waals surface area contributed by atoms with Gasteiger partial charge in [0.05, 0.1) is 11.0 Å². The van der Waals surface area contributed by atoms with Crippen molar-refractivity contribution in [3.63, 3.8) is 0 Å². The highest BCUT2D eigenvalue weighted by Gasteiger charge is 2.17. The zero-order valence-electron chi connectivity index (χ0n) is 28.0.